The Morgan fingerprint density at radius 2 is 2.08 bits per heavy atom. The maximum atomic E-state index is 13.7. The third-order valence-corrected chi connectivity index (χ3v) is 5.47. The summed E-state index contributed by atoms with van der Waals surface area (Å²) in [5.74, 6) is 0.150. The molecule has 1 atom stereocenters. The number of aromatic nitrogens is 3. The normalized spacial score (nSPS) is 13.1. The molecule has 9 heteroatoms. The standard InChI is InChI=1S/C16H17FN4O3S/c1-10-15(11(2)24-19-10)25(22,23)20-14(16-18-7-8-21(16)3)12-5-4-6-13(17)9-12/h4-9,14,20H,1-3H3. The highest BCUT2D eigenvalue weighted by Crippen LogP contribution is 2.26. The van der Waals surface area contributed by atoms with E-state index in [0.717, 1.165) is 0 Å². The Bertz CT molecular complexity index is 991. The van der Waals surface area contributed by atoms with Crippen molar-refractivity contribution in [2.45, 2.75) is 24.8 Å². The quantitative estimate of drug-likeness (QED) is 0.750. The molecule has 25 heavy (non-hydrogen) atoms. The van der Waals surface area contributed by atoms with Crippen molar-refractivity contribution in [3.8, 4) is 0 Å². The summed E-state index contributed by atoms with van der Waals surface area (Å²) >= 11 is 0. The minimum Gasteiger partial charge on any atom is -0.360 e. The molecule has 2 heterocycles. The van der Waals surface area contributed by atoms with Gasteiger partial charge in [0.2, 0.25) is 10.0 Å². The van der Waals surface area contributed by atoms with Gasteiger partial charge in [0.05, 0.1) is 0 Å². The first kappa shape index (κ1) is 17.3. The van der Waals surface area contributed by atoms with E-state index in [1.807, 2.05) is 0 Å². The molecule has 2 aromatic heterocycles. The molecule has 1 unspecified atom stereocenters. The molecule has 0 saturated heterocycles. The van der Waals surface area contributed by atoms with E-state index in [-0.39, 0.29) is 16.3 Å². The van der Waals surface area contributed by atoms with E-state index in [0.29, 0.717) is 11.4 Å². The Labute approximate surface area is 144 Å². The van der Waals surface area contributed by atoms with Crippen molar-refractivity contribution in [1.82, 2.24) is 19.4 Å². The maximum Gasteiger partial charge on any atom is 0.246 e. The van der Waals surface area contributed by atoms with E-state index < -0.39 is 21.9 Å². The SMILES string of the molecule is Cc1noc(C)c1S(=O)(=O)NC(c1cccc(F)c1)c1nccn1C. The molecule has 0 spiro atoms. The number of hydrogen-bond acceptors (Lipinski definition) is 5. The van der Waals surface area contributed by atoms with Gasteiger partial charge in [0.25, 0.3) is 0 Å². The maximum absolute atomic E-state index is 13.7. The molecule has 0 fully saturated rings. The number of nitrogens with one attached hydrogen (secondary N) is 1. The monoisotopic (exact) mass is 364 g/mol. The van der Waals surface area contributed by atoms with Crippen molar-refractivity contribution in [3.05, 3.63) is 65.3 Å². The van der Waals surface area contributed by atoms with Crippen LogP contribution in [0.3, 0.4) is 0 Å². The minimum atomic E-state index is -3.96. The van der Waals surface area contributed by atoms with Crippen LogP contribution in [0, 0.1) is 19.7 Å². The Morgan fingerprint density at radius 1 is 1.32 bits per heavy atom. The number of benzene rings is 1. The van der Waals surface area contributed by atoms with E-state index >= 15 is 0 Å². The van der Waals surface area contributed by atoms with Gasteiger partial charge in [-0.1, -0.05) is 17.3 Å². The summed E-state index contributed by atoms with van der Waals surface area (Å²) in [6.07, 6.45) is 3.23. The summed E-state index contributed by atoms with van der Waals surface area (Å²) in [5, 5.41) is 3.68. The zero-order valence-corrected chi connectivity index (χ0v) is 14.7. The van der Waals surface area contributed by atoms with Crippen molar-refractivity contribution >= 4 is 10.0 Å². The third-order valence-electron chi connectivity index (χ3n) is 3.81. The van der Waals surface area contributed by atoms with Crippen LogP contribution in [-0.4, -0.2) is 23.1 Å². The lowest BCUT2D eigenvalue weighted by Crippen LogP contribution is -2.31. The van der Waals surface area contributed by atoms with Crippen molar-refractivity contribution < 1.29 is 17.3 Å². The molecule has 0 radical (unpaired) electrons. The summed E-state index contributed by atoms with van der Waals surface area (Å²) in [7, 11) is -2.23. The molecule has 3 rings (SSSR count). The van der Waals surface area contributed by atoms with E-state index in [1.54, 1.807) is 37.0 Å². The number of imidazole rings is 1. The molecule has 0 aliphatic heterocycles. The molecule has 3 aromatic rings. The van der Waals surface area contributed by atoms with Crippen molar-refractivity contribution in [2.75, 3.05) is 0 Å². The second-order valence-electron chi connectivity index (χ2n) is 5.66. The van der Waals surface area contributed by atoms with Crippen LogP contribution in [0.5, 0.6) is 0 Å². The fraction of sp³-hybridized carbons (Fsp3) is 0.250. The number of aryl methyl sites for hydroxylation is 3. The summed E-state index contributed by atoms with van der Waals surface area (Å²) in [5.41, 5.74) is 0.687. The molecule has 0 saturated carbocycles. The zero-order chi connectivity index (χ0) is 18.2. The van der Waals surface area contributed by atoms with Crippen LogP contribution in [0.15, 0.2) is 46.1 Å². The molecule has 0 aliphatic carbocycles. The average molecular weight is 364 g/mol. The first-order chi connectivity index (χ1) is 11.8. The Morgan fingerprint density at radius 3 is 2.64 bits per heavy atom. The number of hydrogen-bond donors (Lipinski definition) is 1. The van der Waals surface area contributed by atoms with E-state index in [1.165, 1.54) is 25.1 Å². The smallest absolute Gasteiger partial charge is 0.246 e. The van der Waals surface area contributed by atoms with Gasteiger partial charge in [0, 0.05) is 19.4 Å². The molecule has 1 N–H and O–H groups in total. The van der Waals surface area contributed by atoms with Gasteiger partial charge in [0.15, 0.2) is 5.76 Å². The van der Waals surface area contributed by atoms with Gasteiger partial charge in [-0.2, -0.15) is 4.72 Å². The van der Waals surface area contributed by atoms with E-state index in [9.17, 15) is 12.8 Å². The third kappa shape index (κ3) is 3.33. The summed E-state index contributed by atoms with van der Waals surface area (Å²) in [4.78, 5) is 4.18. The Hall–Kier alpha value is -2.52. The van der Waals surface area contributed by atoms with Gasteiger partial charge in [-0.25, -0.2) is 17.8 Å². The largest absolute Gasteiger partial charge is 0.360 e. The lowest BCUT2D eigenvalue weighted by Gasteiger charge is -2.19. The highest BCUT2D eigenvalue weighted by molar-refractivity contribution is 7.89. The van der Waals surface area contributed by atoms with Crippen LogP contribution < -0.4 is 4.72 Å². The van der Waals surface area contributed by atoms with E-state index in [2.05, 4.69) is 14.9 Å². The number of nitrogens with zero attached hydrogens (tertiary/aromatic N) is 3. The molecular formula is C16H17FN4O3S. The Balaban J connectivity index is 2.09. The van der Waals surface area contributed by atoms with Crippen molar-refractivity contribution in [2.24, 2.45) is 7.05 Å². The summed E-state index contributed by atoms with van der Waals surface area (Å²) in [6.45, 7) is 3.07. The fourth-order valence-corrected chi connectivity index (χ4v) is 4.20. The van der Waals surface area contributed by atoms with Gasteiger partial charge in [-0.05, 0) is 31.5 Å². The van der Waals surface area contributed by atoms with Crippen LogP contribution >= 0.6 is 0 Å². The minimum absolute atomic E-state index is 0.0249. The molecule has 0 aliphatic rings. The molecule has 0 amide bonds. The summed E-state index contributed by atoms with van der Waals surface area (Å²) < 4.78 is 48.6. The zero-order valence-electron chi connectivity index (χ0n) is 13.9. The number of sulfonamides is 1. The van der Waals surface area contributed by atoms with Crippen LogP contribution in [0.4, 0.5) is 4.39 Å². The second-order valence-corrected chi connectivity index (χ2v) is 7.31. The van der Waals surface area contributed by atoms with Gasteiger partial charge in [0.1, 0.15) is 28.3 Å². The summed E-state index contributed by atoms with van der Waals surface area (Å²) in [6, 6.07) is 4.86. The van der Waals surface area contributed by atoms with Gasteiger partial charge >= 0.3 is 0 Å². The number of halogens is 1. The van der Waals surface area contributed by atoms with Crippen LogP contribution in [0.1, 0.15) is 28.9 Å². The van der Waals surface area contributed by atoms with Crippen LogP contribution in [0.2, 0.25) is 0 Å². The van der Waals surface area contributed by atoms with Crippen LogP contribution in [0.25, 0.3) is 0 Å². The van der Waals surface area contributed by atoms with Gasteiger partial charge in [-0.3, -0.25) is 0 Å². The average Bonchev–Trinajstić information content (AvgIpc) is 3.11. The molecular weight excluding hydrogens is 347 g/mol. The fourth-order valence-electron chi connectivity index (χ4n) is 2.68. The Kier molecular flexibility index (Phi) is 4.44. The molecule has 7 nitrogen and oxygen atoms in total. The molecule has 0 bridgehead atoms. The van der Waals surface area contributed by atoms with Gasteiger partial charge in [-0.15, -0.1) is 0 Å². The van der Waals surface area contributed by atoms with Crippen LogP contribution in [-0.2, 0) is 17.1 Å². The molecule has 132 valence electrons. The highest BCUT2D eigenvalue weighted by Gasteiger charge is 2.30. The predicted molar refractivity (Wildman–Crippen MR) is 87.7 cm³/mol. The lowest BCUT2D eigenvalue weighted by molar-refractivity contribution is 0.390. The van der Waals surface area contributed by atoms with Crippen molar-refractivity contribution in [1.29, 1.82) is 0 Å². The predicted octanol–water partition coefficient (Wildman–Crippen LogP) is 2.23. The molecule has 1 aromatic carbocycles. The topological polar surface area (TPSA) is 90.0 Å². The van der Waals surface area contributed by atoms with Crippen molar-refractivity contribution in [3.63, 3.8) is 0 Å². The number of rotatable bonds is 5. The lowest BCUT2D eigenvalue weighted by atomic mass is 10.1. The van der Waals surface area contributed by atoms with E-state index in [4.69, 9.17) is 4.52 Å². The highest BCUT2D eigenvalue weighted by atomic mass is 32.2. The first-order valence-corrected chi connectivity index (χ1v) is 8.96. The first-order valence-electron chi connectivity index (χ1n) is 7.47. The second kappa shape index (κ2) is 6.41. The van der Waals surface area contributed by atoms with Gasteiger partial charge < -0.3 is 9.09 Å².